The highest BCUT2D eigenvalue weighted by molar-refractivity contribution is 5.94. The number of carboxylic acids is 1. The van der Waals surface area contributed by atoms with E-state index in [2.05, 4.69) is 60.8 Å². The van der Waals surface area contributed by atoms with Crippen molar-refractivity contribution < 1.29 is 46.9 Å². The van der Waals surface area contributed by atoms with Gasteiger partial charge in [-0.3, -0.25) is 9.59 Å². The van der Waals surface area contributed by atoms with E-state index in [0.717, 1.165) is 45.1 Å². The van der Waals surface area contributed by atoms with E-state index in [9.17, 15) is 37.5 Å². The average molecular weight is 646 g/mol. The minimum atomic E-state index is -4.76. The van der Waals surface area contributed by atoms with Crippen molar-refractivity contribution >= 4 is 23.8 Å². The third-order valence-corrected chi connectivity index (χ3v) is 5.93. The van der Waals surface area contributed by atoms with Crippen molar-refractivity contribution in [3.05, 3.63) is 102 Å². The minimum Gasteiger partial charge on any atom is -0.480 e. The van der Waals surface area contributed by atoms with Crippen LogP contribution in [-0.4, -0.2) is 41.6 Å². The fraction of sp³-hybridized carbons (Fsp3) is 0.371. The standard InChI is InChI=1S/C35H42F3NO7/c1-3-4-5-6-7-8-9-10-11-12-13-14-15-16-17-18-19-20-21-22-32(41)39-30(33(42)43)26-45-34(44)29-24-23-28(35(36,37)38)25-31(29)46-27(2)40/h4-5,7-8,10-11,13-14,16-17,19-20,23-25,30H,3,6,9,12,15,18,21-22,26H2,1-2H3,(H,39,41)(H,42,43)/b5-4-,8-7-,11-10-,14-13-,17-16-,20-19-. The van der Waals surface area contributed by atoms with Gasteiger partial charge in [0.1, 0.15) is 17.9 Å². The molecule has 0 saturated heterocycles. The van der Waals surface area contributed by atoms with Gasteiger partial charge in [0.25, 0.3) is 0 Å². The quantitative estimate of drug-likeness (QED) is 0.0843. The van der Waals surface area contributed by atoms with Crippen LogP contribution in [0.1, 0.15) is 81.1 Å². The van der Waals surface area contributed by atoms with Gasteiger partial charge in [0, 0.05) is 13.3 Å². The Morgan fingerprint density at radius 2 is 1.33 bits per heavy atom. The Kier molecular flexibility index (Phi) is 19.5. The lowest BCUT2D eigenvalue weighted by atomic mass is 10.1. The van der Waals surface area contributed by atoms with Crippen molar-refractivity contribution in [2.75, 3.05) is 6.61 Å². The van der Waals surface area contributed by atoms with Crippen molar-refractivity contribution in [2.45, 2.75) is 77.4 Å². The topological polar surface area (TPSA) is 119 Å². The highest BCUT2D eigenvalue weighted by Gasteiger charge is 2.32. The molecule has 1 aromatic carbocycles. The summed E-state index contributed by atoms with van der Waals surface area (Å²) in [6, 6.07) is 0.205. The molecule has 0 radical (unpaired) electrons. The molecule has 0 aliphatic heterocycles. The predicted molar refractivity (Wildman–Crippen MR) is 170 cm³/mol. The molecular weight excluding hydrogens is 603 g/mol. The van der Waals surface area contributed by atoms with Crippen molar-refractivity contribution in [2.24, 2.45) is 0 Å². The predicted octanol–water partition coefficient (Wildman–Crippen LogP) is 7.83. The number of aliphatic carboxylic acids is 1. The molecule has 46 heavy (non-hydrogen) atoms. The number of allylic oxidation sites excluding steroid dienone is 12. The molecule has 250 valence electrons. The van der Waals surface area contributed by atoms with Gasteiger partial charge in [-0.05, 0) is 63.1 Å². The zero-order chi connectivity index (χ0) is 34.2. The van der Waals surface area contributed by atoms with Crippen LogP contribution in [-0.2, 0) is 25.3 Å². The minimum absolute atomic E-state index is 0.0185. The molecule has 8 nitrogen and oxygen atoms in total. The number of carbonyl (C=O) groups excluding carboxylic acids is 3. The van der Waals surface area contributed by atoms with E-state index in [-0.39, 0.29) is 6.42 Å². The molecule has 0 aliphatic carbocycles. The first-order valence-corrected chi connectivity index (χ1v) is 14.9. The second-order valence-electron chi connectivity index (χ2n) is 9.81. The van der Waals surface area contributed by atoms with Gasteiger partial charge in [-0.25, -0.2) is 9.59 Å². The molecule has 11 heteroatoms. The van der Waals surface area contributed by atoms with E-state index < -0.39 is 59.5 Å². The van der Waals surface area contributed by atoms with Crippen molar-refractivity contribution in [1.82, 2.24) is 5.32 Å². The van der Waals surface area contributed by atoms with Crippen LogP contribution >= 0.6 is 0 Å². The number of nitrogens with one attached hydrogen (secondary N) is 1. The highest BCUT2D eigenvalue weighted by Crippen LogP contribution is 2.33. The number of hydrogen-bond donors (Lipinski definition) is 2. The molecule has 0 aliphatic rings. The fourth-order valence-electron chi connectivity index (χ4n) is 3.64. The van der Waals surface area contributed by atoms with E-state index in [1.54, 1.807) is 6.08 Å². The number of amides is 1. The van der Waals surface area contributed by atoms with Gasteiger partial charge in [-0.15, -0.1) is 0 Å². The Balaban J connectivity index is 2.40. The van der Waals surface area contributed by atoms with E-state index in [1.165, 1.54) is 0 Å². The van der Waals surface area contributed by atoms with E-state index >= 15 is 0 Å². The number of ether oxygens (including phenoxy) is 2. The Morgan fingerprint density at radius 3 is 1.78 bits per heavy atom. The number of alkyl halides is 3. The van der Waals surface area contributed by atoms with Gasteiger partial charge in [0.2, 0.25) is 5.91 Å². The van der Waals surface area contributed by atoms with Gasteiger partial charge >= 0.3 is 24.1 Å². The van der Waals surface area contributed by atoms with Crippen LogP contribution in [0.2, 0.25) is 0 Å². The molecule has 1 amide bonds. The monoisotopic (exact) mass is 645 g/mol. The average Bonchev–Trinajstić information content (AvgIpc) is 2.99. The summed E-state index contributed by atoms with van der Waals surface area (Å²) in [6.45, 7) is 2.24. The summed E-state index contributed by atoms with van der Waals surface area (Å²) in [4.78, 5) is 47.5. The van der Waals surface area contributed by atoms with Gasteiger partial charge < -0.3 is 19.9 Å². The molecule has 1 unspecified atom stereocenters. The Hall–Kier alpha value is -4.67. The summed E-state index contributed by atoms with van der Waals surface area (Å²) in [6.07, 6.45) is 25.6. The van der Waals surface area contributed by atoms with Gasteiger partial charge in [0.15, 0.2) is 6.04 Å². The summed E-state index contributed by atoms with van der Waals surface area (Å²) in [5.74, 6) is -4.99. The highest BCUT2D eigenvalue weighted by atomic mass is 19.4. The summed E-state index contributed by atoms with van der Waals surface area (Å²) >= 11 is 0. The number of rotatable bonds is 20. The fourth-order valence-corrected chi connectivity index (χ4v) is 3.64. The van der Waals surface area contributed by atoms with Crippen molar-refractivity contribution in [1.29, 1.82) is 0 Å². The number of carbonyl (C=O) groups is 4. The molecule has 1 rings (SSSR count). The molecule has 1 aromatic rings. The molecule has 0 heterocycles. The SMILES string of the molecule is CC/C=C\C/C=C\C/C=C\C/C=C\C/C=C\C/C=C\CCC(=O)NC(COC(=O)c1ccc(C(F)(F)F)cc1OC(C)=O)C(=O)O. The van der Waals surface area contributed by atoms with E-state index in [1.807, 2.05) is 18.2 Å². The largest absolute Gasteiger partial charge is 0.480 e. The van der Waals surface area contributed by atoms with Crippen LogP contribution in [0.5, 0.6) is 5.75 Å². The zero-order valence-corrected chi connectivity index (χ0v) is 26.1. The van der Waals surface area contributed by atoms with Gasteiger partial charge in [0.05, 0.1) is 5.56 Å². The molecule has 0 fully saturated rings. The van der Waals surface area contributed by atoms with Crippen LogP contribution in [0.15, 0.2) is 91.1 Å². The number of hydrogen-bond acceptors (Lipinski definition) is 6. The van der Waals surface area contributed by atoms with Crippen LogP contribution in [0, 0.1) is 0 Å². The third-order valence-electron chi connectivity index (χ3n) is 5.93. The summed E-state index contributed by atoms with van der Waals surface area (Å²) < 4.78 is 48.7. The van der Waals surface area contributed by atoms with Crippen molar-refractivity contribution in [3.63, 3.8) is 0 Å². The molecule has 1 atom stereocenters. The third kappa shape index (κ3) is 18.2. The van der Waals surface area contributed by atoms with Crippen LogP contribution in [0.3, 0.4) is 0 Å². The zero-order valence-electron chi connectivity index (χ0n) is 26.1. The molecule has 2 N–H and O–H groups in total. The summed E-state index contributed by atoms with van der Waals surface area (Å²) in [7, 11) is 0. The summed E-state index contributed by atoms with van der Waals surface area (Å²) in [5, 5.41) is 11.6. The van der Waals surface area contributed by atoms with Crippen molar-refractivity contribution in [3.8, 4) is 5.75 Å². The lowest BCUT2D eigenvalue weighted by Crippen LogP contribution is -2.44. The second kappa shape index (κ2) is 22.8. The second-order valence-corrected chi connectivity index (χ2v) is 9.81. The molecule has 0 bridgehead atoms. The van der Waals surface area contributed by atoms with Crippen LogP contribution in [0.25, 0.3) is 0 Å². The van der Waals surface area contributed by atoms with Crippen LogP contribution < -0.4 is 10.1 Å². The first-order chi connectivity index (χ1) is 22.0. The smallest absolute Gasteiger partial charge is 0.416 e. The number of benzene rings is 1. The maximum absolute atomic E-state index is 13.0. The van der Waals surface area contributed by atoms with Crippen LogP contribution in [0.4, 0.5) is 13.2 Å². The molecular formula is C35H42F3NO7. The first kappa shape index (κ1) is 39.4. The first-order valence-electron chi connectivity index (χ1n) is 14.9. The lowest BCUT2D eigenvalue weighted by molar-refractivity contribution is -0.143. The van der Waals surface area contributed by atoms with E-state index in [4.69, 9.17) is 9.47 Å². The lowest BCUT2D eigenvalue weighted by Gasteiger charge is -2.16. The van der Waals surface area contributed by atoms with Gasteiger partial charge in [-0.2, -0.15) is 13.2 Å². The molecule has 0 aromatic heterocycles. The number of esters is 2. The Morgan fingerprint density at radius 1 is 0.826 bits per heavy atom. The number of carboxylic acid groups (broad SMARTS) is 1. The normalized spacial score (nSPS) is 13.1. The number of halogens is 3. The Labute approximate surface area is 268 Å². The Bertz CT molecular complexity index is 1310. The maximum atomic E-state index is 13.0. The summed E-state index contributed by atoms with van der Waals surface area (Å²) in [5.41, 5.74) is -1.68. The maximum Gasteiger partial charge on any atom is 0.416 e. The van der Waals surface area contributed by atoms with Gasteiger partial charge in [-0.1, -0.05) is 79.8 Å². The molecule has 0 saturated carbocycles. The molecule has 0 spiro atoms. The van der Waals surface area contributed by atoms with E-state index in [0.29, 0.717) is 25.0 Å².